The zero-order chi connectivity index (χ0) is 18.0. The Kier molecular flexibility index (Phi) is 5.06. The molecule has 1 aromatic carbocycles. The molecule has 2 heterocycles. The first-order valence-corrected chi connectivity index (χ1v) is 8.24. The molecule has 0 saturated heterocycles. The predicted octanol–water partition coefficient (Wildman–Crippen LogP) is 3.85. The molecular formula is C16H14Cl2FN5O. The van der Waals surface area contributed by atoms with Gasteiger partial charge >= 0.3 is 0 Å². The van der Waals surface area contributed by atoms with Crippen LogP contribution in [-0.2, 0) is 13.1 Å². The molecule has 9 heteroatoms. The lowest BCUT2D eigenvalue weighted by Gasteiger charge is -2.07. The minimum atomic E-state index is -0.418. The van der Waals surface area contributed by atoms with Crippen LogP contribution >= 0.6 is 23.2 Å². The number of hydrogen-bond donors (Lipinski definition) is 1. The van der Waals surface area contributed by atoms with Crippen LogP contribution in [0.3, 0.4) is 0 Å². The highest BCUT2D eigenvalue weighted by Crippen LogP contribution is 2.21. The lowest BCUT2D eigenvalue weighted by Crippen LogP contribution is -2.18. The van der Waals surface area contributed by atoms with E-state index in [9.17, 15) is 9.18 Å². The van der Waals surface area contributed by atoms with Gasteiger partial charge in [-0.1, -0.05) is 29.3 Å². The lowest BCUT2D eigenvalue weighted by molar-refractivity contribution is 0.101. The molecule has 0 spiro atoms. The van der Waals surface area contributed by atoms with Crippen molar-refractivity contribution in [3.63, 3.8) is 0 Å². The molecule has 0 fully saturated rings. The SMILES string of the molecule is CCn1ncc(Cl)c1C(=O)Nc1ccn(Cc2c(F)cccc2Cl)n1. The van der Waals surface area contributed by atoms with Crippen LogP contribution in [0.5, 0.6) is 0 Å². The molecule has 0 aliphatic rings. The summed E-state index contributed by atoms with van der Waals surface area (Å²) < 4.78 is 16.8. The fourth-order valence-corrected chi connectivity index (χ4v) is 2.82. The Bertz CT molecular complexity index is 901. The van der Waals surface area contributed by atoms with E-state index in [1.807, 2.05) is 6.92 Å². The third-order valence-corrected chi connectivity index (χ3v) is 4.20. The largest absolute Gasteiger partial charge is 0.304 e. The van der Waals surface area contributed by atoms with Gasteiger partial charge in [0, 0.05) is 29.4 Å². The summed E-state index contributed by atoms with van der Waals surface area (Å²) in [4.78, 5) is 12.4. The van der Waals surface area contributed by atoms with Crippen LogP contribution in [0, 0.1) is 5.82 Å². The molecule has 25 heavy (non-hydrogen) atoms. The molecule has 0 bridgehead atoms. The van der Waals surface area contributed by atoms with E-state index in [1.165, 1.54) is 27.7 Å². The number of carbonyl (C=O) groups excluding carboxylic acids is 1. The number of benzene rings is 1. The van der Waals surface area contributed by atoms with Crippen molar-refractivity contribution in [3.05, 3.63) is 63.8 Å². The molecule has 0 aliphatic carbocycles. The number of aromatic nitrogens is 4. The van der Waals surface area contributed by atoms with Crippen molar-refractivity contribution in [2.45, 2.75) is 20.0 Å². The molecule has 130 valence electrons. The van der Waals surface area contributed by atoms with Crippen molar-refractivity contribution in [2.75, 3.05) is 5.32 Å². The molecule has 0 radical (unpaired) electrons. The molecule has 0 aliphatic heterocycles. The van der Waals surface area contributed by atoms with Gasteiger partial charge in [0.15, 0.2) is 5.82 Å². The first-order valence-electron chi connectivity index (χ1n) is 7.48. The zero-order valence-corrected chi connectivity index (χ0v) is 14.7. The summed E-state index contributed by atoms with van der Waals surface area (Å²) in [6.45, 7) is 2.51. The molecule has 0 saturated carbocycles. The number of nitrogens with zero attached hydrogens (tertiary/aromatic N) is 4. The molecule has 1 amide bonds. The van der Waals surface area contributed by atoms with E-state index < -0.39 is 11.7 Å². The first-order chi connectivity index (χ1) is 12.0. The van der Waals surface area contributed by atoms with Crippen LogP contribution in [0.1, 0.15) is 23.0 Å². The maximum atomic E-state index is 13.8. The summed E-state index contributed by atoms with van der Waals surface area (Å²) in [5.41, 5.74) is 0.591. The fourth-order valence-electron chi connectivity index (χ4n) is 2.37. The van der Waals surface area contributed by atoms with Crippen molar-refractivity contribution in [3.8, 4) is 0 Å². The van der Waals surface area contributed by atoms with E-state index in [1.54, 1.807) is 18.3 Å². The summed E-state index contributed by atoms with van der Waals surface area (Å²) in [7, 11) is 0. The Morgan fingerprint density at radius 1 is 1.28 bits per heavy atom. The van der Waals surface area contributed by atoms with E-state index in [2.05, 4.69) is 15.5 Å². The van der Waals surface area contributed by atoms with E-state index in [-0.39, 0.29) is 17.3 Å². The van der Waals surface area contributed by atoms with Crippen LogP contribution in [0.2, 0.25) is 10.0 Å². The smallest absolute Gasteiger partial charge is 0.276 e. The number of anilines is 1. The third kappa shape index (κ3) is 3.67. The number of carbonyl (C=O) groups is 1. The Labute approximate surface area is 153 Å². The van der Waals surface area contributed by atoms with Gasteiger partial charge in [-0.2, -0.15) is 10.2 Å². The molecule has 0 unspecified atom stereocenters. The summed E-state index contributed by atoms with van der Waals surface area (Å²) >= 11 is 12.0. The predicted molar refractivity (Wildman–Crippen MR) is 93.6 cm³/mol. The van der Waals surface area contributed by atoms with E-state index in [0.29, 0.717) is 22.9 Å². The Balaban J connectivity index is 1.76. The average molecular weight is 382 g/mol. The first kappa shape index (κ1) is 17.4. The molecule has 2 aromatic heterocycles. The number of nitrogens with one attached hydrogen (secondary N) is 1. The minimum absolute atomic E-state index is 0.148. The minimum Gasteiger partial charge on any atom is -0.304 e. The quantitative estimate of drug-likeness (QED) is 0.729. The van der Waals surface area contributed by atoms with Crippen LogP contribution in [-0.4, -0.2) is 25.5 Å². The second-order valence-corrected chi connectivity index (χ2v) is 6.02. The van der Waals surface area contributed by atoms with Crippen molar-refractivity contribution < 1.29 is 9.18 Å². The van der Waals surface area contributed by atoms with Gasteiger partial charge in [-0.05, 0) is 19.1 Å². The van der Waals surface area contributed by atoms with Crippen LogP contribution in [0.15, 0.2) is 36.7 Å². The highest BCUT2D eigenvalue weighted by atomic mass is 35.5. The van der Waals surface area contributed by atoms with Crippen molar-refractivity contribution in [2.24, 2.45) is 0 Å². The Hall–Kier alpha value is -2.38. The fraction of sp³-hybridized carbons (Fsp3) is 0.188. The van der Waals surface area contributed by atoms with Gasteiger partial charge in [-0.3, -0.25) is 14.2 Å². The monoisotopic (exact) mass is 381 g/mol. The van der Waals surface area contributed by atoms with Gasteiger partial charge in [0.1, 0.15) is 11.5 Å². The second-order valence-electron chi connectivity index (χ2n) is 5.21. The molecule has 3 rings (SSSR count). The molecule has 3 aromatic rings. The van der Waals surface area contributed by atoms with E-state index >= 15 is 0 Å². The summed E-state index contributed by atoms with van der Waals surface area (Å²) in [6.07, 6.45) is 3.04. The maximum absolute atomic E-state index is 13.8. The van der Waals surface area contributed by atoms with E-state index in [0.717, 1.165) is 0 Å². The van der Waals surface area contributed by atoms with Crippen LogP contribution in [0.4, 0.5) is 10.2 Å². The molecular weight excluding hydrogens is 368 g/mol. The molecule has 0 atom stereocenters. The van der Waals surface area contributed by atoms with Gasteiger partial charge in [0.2, 0.25) is 0 Å². The van der Waals surface area contributed by atoms with Gasteiger partial charge < -0.3 is 5.32 Å². The second kappa shape index (κ2) is 7.25. The number of hydrogen-bond acceptors (Lipinski definition) is 3. The molecule has 1 N–H and O–H groups in total. The van der Waals surface area contributed by atoms with Crippen LogP contribution < -0.4 is 5.32 Å². The Morgan fingerprint density at radius 3 is 2.80 bits per heavy atom. The van der Waals surface area contributed by atoms with Crippen LogP contribution in [0.25, 0.3) is 0 Å². The summed E-state index contributed by atoms with van der Waals surface area (Å²) in [5, 5.41) is 11.5. The normalized spacial score (nSPS) is 10.9. The summed E-state index contributed by atoms with van der Waals surface area (Å²) in [5.74, 6) is -0.511. The maximum Gasteiger partial charge on any atom is 0.276 e. The third-order valence-electron chi connectivity index (χ3n) is 3.57. The zero-order valence-electron chi connectivity index (χ0n) is 13.2. The van der Waals surface area contributed by atoms with Gasteiger partial charge in [-0.25, -0.2) is 4.39 Å². The van der Waals surface area contributed by atoms with E-state index in [4.69, 9.17) is 23.2 Å². The van der Waals surface area contributed by atoms with Crippen molar-refractivity contribution >= 4 is 34.9 Å². The average Bonchev–Trinajstić information content (AvgIpc) is 3.17. The Morgan fingerprint density at radius 2 is 2.08 bits per heavy atom. The highest BCUT2D eigenvalue weighted by Gasteiger charge is 2.18. The van der Waals surface area contributed by atoms with Crippen molar-refractivity contribution in [1.29, 1.82) is 0 Å². The van der Waals surface area contributed by atoms with Crippen molar-refractivity contribution in [1.82, 2.24) is 19.6 Å². The topological polar surface area (TPSA) is 64.7 Å². The molecule has 6 nitrogen and oxygen atoms in total. The number of rotatable bonds is 5. The lowest BCUT2D eigenvalue weighted by atomic mass is 10.2. The highest BCUT2D eigenvalue weighted by molar-refractivity contribution is 6.34. The number of amides is 1. The van der Waals surface area contributed by atoms with Gasteiger partial charge in [0.25, 0.3) is 5.91 Å². The standard InChI is InChI=1S/C16H14Cl2FN5O/c1-2-24-15(12(18)8-20-24)16(25)21-14-6-7-23(22-14)9-10-11(17)4-3-5-13(10)19/h3-8H,2,9H2,1H3,(H,21,22,25). The summed E-state index contributed by atoms with van der Waals surface area (Å²) in [6, 6.07) is 6.09. The number of aryl methyl sites for hydroxylation is 1. The van der Waals surface area contributed by atoms with Gasteiger partial charge in [0.05, 0.1) is 17.8 Å². The number of halogens is 3. The van der Waals surface area contributed by atoms with Gasteiger partial charge in [-0.15, -0.1) is 0 Å².